The van der Waals surface area contributed by atoms with E-state index in [1.165, 1.54) is 6.07 Å². The molecule has 0 spiro atoms. The summed E-state index contributed by atoms with van der Waals surface area (Å²) >= 11 is 5.85. The van der Waals surface area contributed by atoms with E-state index in [0.717, 1.165) is 5.56 Å². The van der Waals surface area contributed by atoms with Crippen molar-refractivity contribution in [2.24, 2.45) is 0 Å². The Bertz CT molecular complexity index is 614. The molecule has 0 fully saturated rings. The second kappa shape index (κ2) is 5.63. The highest BCUT2D eigenvalue weighted by molar-refractivity contribution is 6.30. The van der Waals surface area contributed by atoms with Gasteiger partial charge < -0.3 is 16.2 Å². The number of hydrogen-bond acceptors (Lipinski definition) is 4. The van der Waals surface area contributed by atoms with Crippen molar-refractivity contribution in [1.29, 1.82) is 0 Å². The quantitative estimate of drug-likeness (QED) is 0.667. The lowest BCUT2D eigenvalue weighted by atomic mass is 10.1. The minimum absolute atomic E-state index is 0.142. The molecule has 2 aromatic carbocycles. The number of halogens is 1. The Morgan fingerprint density at radius 3 is 2.63 bits per heavy atom. The van der Waals surface area contributed by atoms with Crippen LogP contribution in [0.25, 0.3) is 0 Å². The van der Waals surface area contributed by atoms with Crippen LogP contribution in [0.15, 0.2) is 42.5 Å². The first kappa shape index (κ1) is 13.2. The van der Waals surface area contributed by atoms with Gasteiger partial charge in [0.2, 0.25) is 0 Å². The fourth-order valence-electron chi connectivity index (χ4n) is 1.62. The summed E-state index contributed by atoms with van der Waals surface area (Å²) in [6.07, 6.45) is 0. The van der Waals surface area contributed by atoms with Crippen LogP contribution in [0.4, 0.5) is 11.4 Å². The molecular formula is C14H13ClN2O2. The Labute approximate surface area is 115 Å². The third-order valence-corrected chi connectivity index (χ3v) is 2.79. The van der Waals surface area contributed by atoms with Crippen LogP contribution >= 0.6 is 11.6 Å². The van der Waals surface area contributed by atoms with Crippen LogP contribution in [-0.2, 0) is 11.3 Å². The Morgan fingerprint density at radius 2 is 1.95 bits per heavy atom. The number of ether oxygens (including phenoxy) is 1. The number of benzene rings is 2. The third-order valence-electron chi connectivity index (χ3n) is 2.55. The Morgan fingerprint density at radius 1 is 1.16 bits per heavy atom. The van der Waals surface area contributed by atoms with Gasteiger partial charge in [-0.25, -0.2) is 4.79 Å². The predicted molar refractivity (Wildman–Crippen MR) is 75.8 cm³/mol. The van der Waals surface area contributed by atoms with Crippen molar-refractivity contribution >= 4 is 28.9 Å². The maximum atomic E-state index is 11.9. The summed E-state index contributed by atoms with van der Waals surface area (Å²) in [4.78, 5) is 11.9. The first-order chi connectivity index (χ1) is 9.06. The molecular weight excluding hydrogens is 264 g/mol. The zero-order valence-corrected chi connectivity index (χ0v) is 10.9. The number of esters is 1. The number of carbonyl (C=O) groups is 1. The van der Waals surface area contributed by atoms with Gasteiger partial charge in [-0.15, -0.1) is 0 Å². The van der Waals surface area contributed by atoms with Crippen molar-refractivity contribution in [1.82, 2.24) is 0 Å². The lowest BCUT2D eigenvalue weighted by Crippen LogP contribution is -2.08. The molecule has 2 aromatic rings. The molecule has 0 saturated heterocycles. The fraction of sp³-hybridized carbons (Fsp3) is 0.0714. The Balaban J connectivity index is 2.05. The lowest BCUT2D eigenvalue weighted by molar-refractivity contribution is 0.0474. The van der Waals surface area contributed by atoms with E-state index in [-0.39, 0.29) is 6.61 Å². The molecule has 0 saturated carbocycles. The summed E-state index contributed by atoms with van der Waals surface area (Å²) in [5.41, 5.74) is 13.2. The second-order valence-electron chi connectivity index (χ2n) is 4.05. The molecule has 0 aromatic heterocycles. The van der Waals surface area contributed by atoms with Gasteiger partial charge >= 0.3 is 5.97 Å². The molecule has 5 heteroatoms. The molecule has 0 heterocycles. The van der Waals surface area contributed by atoms with Crippen molar-refractivity contribution in [3.63, 3.8) is 0 Å². The van der Waals surface area contributed by atoms with Gasteiger partial charge in [-0.2, -0.15) is 0 Å². The summed E-state index contributed by atoms with van der Waals surface area (Å²) in [5.74, 6) is -0.488. The Kier molecular flexibility index (Phi) is 3.92. The highest BCUT2D eigenvalue weighted by Gasteiger charge is 2.11. The van der Waals surface area contributed by atoms with E-state index in [9.17, 15) is 4.79 Å². The number of anilines is 2. The van der Waals surface area contributed by atoms with Gasteiger partial charge in [-0.05, 0) is 35.9 Å². The maximum Gasteiger partial charge on any atom is 0.340 e. The van der Waals surface area contributed by atoms with E-state index in [4.69, 9.17) is 27.8 Å². The highest BCUT2D eigenvalue weighted by atomic mass is 35.5. The molecule has 0 aliphatic rings. The van der Waals surface area contributed by atoms with E-state index >= 15 is 0 Å². The summed E-state index contributed by atoms with van der Waals surface area (Å²) in [6, 6.07) is 11.8. The zero-order chi connectivity index (χ0) is 13.8. The summed E-state index contributed by atoms with van der Waals surface area (Å²) in [7, 11) is 0. The number of carbonyl (C=O) groups excluding carboxylic acids is 1. The van der Waals surface area contributed by atoms with Crippen LogP contribution < -0.4 is 11.5 Å². The molecule has 2 rings (SSSR count). The minimum atomic E-state index is -0.488. The molecule has 4 nitrogen and oxygen atoms in total. The lowest BCUT2D eigenvalue weighted by Gasteiger charge is -2.08. The van der Waals surface area contributed by atoms with Crippen molar-refractivity contribution in [2.45, 2.75) is 6.61 Å². The van der Waals surface area contributed by atoms with Gasteiger partial charge in [0.25, 0.3) is 0 Å². The molecule has 98 valence electrons. The fourth-order valence-corrected chi connectivity index (χ4v) is 1.83. The molecule has 0 radical (unpaired) electrons. The van der Waals surface area contributed by atoms with Crippen LogP contribution in [-0.4, -0.2) is 5.97 Å². The highest BCUT2D eigenvalue weighted by Crippen LogP contribution is 2.18. The van der Waals surface area contributed by atoms with E-state index in [1.807, 2.05) is 6.07 Å². The van der Waals surface area contributed by atoms with E-state index in [2.05, 4.69) is 0 Å². The topological polar surface area (TPSA) is 78.3 Å². The minimum Gasteiger partial charge on any atom is -0.457 e. The Hall–Kier alpha value is -2.20. The van der Waals surface area contributed by atoms with Gasteiger partial charge in [0.15, 0.2) is 0 Å². The second-order valence-corrected chi connectivity index (χ2v) is 4.49. The molecule has 0 bridgehead atoms. The van der Waals surface area contributed by atoms with Gasteiger partial charge in [0.05, 0.1) is 5.56 Å². The van der Waals surface area contributed by atoms with Crippen LogP contribution in [0.5, 0.6) is 0 Å². The van der Waals surface area contributed by atoms with E-state index in [1.54, 1.807) is 30.3 Å². The molecule has 0 aliphatic carbocycles. The van der Waals surface area contributed by atoms with Gasteiger partial charge in [0.1, 0.15) is 6.61 Å². The van der Waals surface area contributed by atoms with Crippen LogP contribution in [0, 0.1) is 0 Å². The van der Waals surface area contributed by atoms with E-state index < -0.39 is 5.97 Å². The standard InChI is InChI=1S/C14H13ClN2O2/c15-10-3-1-2-9(6-10)8-19-14(18)12-5-4-11(16)7-13(12)17/h1-7H,8,16-17H2. The molecule has 0 amide bonds. The zero-order valence-electron chi connectivity index (χ0n) is 10.1. The number of nitrogens with two attached hydrogens (primary N) is 2. The maximum absolute atomic E-state index is 11.9. The molecule has 0 aliphatic heterocycles. The SMILES string of the molecule is Nc1ccc(C(=O)OCc2cccc(Cl)c2)c(N)c1. The summed E-state index contributed by atoms with van der Waals surface area (Å²) in [5, 5.41) is 0.598. The third kappa shape index (κ3) is 3.39. The summed E-state index contributed by atoms with van der Waals surface area (Å²) < 4.78 is 5.17. The average Bonchev–Trinajstić information content (AvgIpc) is 2.36. The number of rotatable bonds is 3. The van der Waals surface area contributed by atoms with Gasteiger partial charge in [0, 0.05) is 16.4 Å². The first-order valence-corrected chi connectivity index (χ1v) is 6.00. The number of nitrogen functional groups attached to an aromatic ring is 2. The van der Waals surface area contributed by atoms with Crippen molar-refractivity contribution in [2.75, 3.05) is 11.5 Å². The summed E-state index contributed by atoms with van der Waals surface area (Å²) in [6.45, 7) is 0.142. The normalized spacial score (nSPS) is 10.2. The van der Waals surface area contributed by atoms with E-state index in [0.29, 0.717) is 22.0 Å². The molecule has 0 unspecified atom stereocenters. The molecule has 4 N–H and O–H groups in total. The van der Waals surface area contributed by atoms with Crippen molar-refractivity contribution in [3.8, 4) is 0 Å². The van der Waals surface area contributed by atoms with Gasteiger partial charge in [-0.3, -0.25) is 0 Å². The number of hydrogen-bond donors (Lipinski definition) is 2. The predicted octanol–water partition coefficient (Wildman–Crippen LogP) is 2.86. The molecule has 19 heavy (non-hydrogen) atoms. The van der Waals surface area contributed by atoms with Crippen LogP contribution in [0.1, 0.15) is 15.9 Å². The smallest absolute Gasteiger partial charge is 0.340 e. The van der Waals surface area contributed by atoms with Crippen molar-refractivity contribution < 1.29 is 9.53 Å². The first-order valence-electron chi connectivity index (χ1n) is 5.63. The monoisotopic (exact) mass is 276 g/mol. The van der Waals surface area contributed by atoms with Crippen LogP contribution in [0.2, 0.25) is 5.02 Å². The largest absolute Gasteiger partial charge is 0.457 e. The van der Waals surface area contributed by atoms with Gasteiger partial charge in [-0.1, -0.05) is 23.7 Å². The average molecular weight is 277 g/mol. The van der Waals surface area contributed by atoms with Crippen LogP contribution in [0.3, 0.4) is 0 Å². The van der Waals surface area contributed by atoms with Crippen molar-refractivity contribution in [3.05, 3.63) is 58.6 Å². The molecule has 0 atom stereocenters.